The lowest BCUT2D eigenvalue weighted by Crippen LogP contribution is -1.88. The first-order chi connectivity index (χ1) is 10.5. The fourth-order valence-corrected chi connectivity index (χ4v) is 2.28. The molecule has 0 radical (unpaired) electrons. The number of hydrogen-bond donors (Lipinski definition) is 0. The van der Waals surface area contributed by atoms with Crippen molar-refractivity contribution >= 4 is 29.6 Å². The van der Waals surface area contributed by atoms with Crippen LogP contribution in [0.15, 0.2) is 55.6 Å². The Balaban J connectivity index is 2.43. The Morgan fingerprint density at radius 1 is 0.909 bits per heavy atom. The minimum absolute atomic E-state index is 0.679. The molecular formula is C21H20O. The van der Waals surface area contributed by atoms with Gasteiger partial charge in [-0.05, 0) is 48.2 Å². The average molecular weight is 288 g/mol. The van der Waals surface area contributed by atoms with E-state index in [1.807, 2.05) is 38.1 Å². The van der Waals surface area contributed by atoms with Crippen molar-refractivity contribution in [1.29, 1.82) is 0 Å². The smallest absolute Gasteiger partial charge is 0.150 e. The Morgan fingerprint density at radius 3 is 2.27 bits per heavy atom. The number of hydrogen-bond acceptors (Lipinski definition) is 1. The molecule has 0 bridgehead atoms. The van der Waals surface area contributed by atoms with Crippen LogP contribution in [0.3, 0.4) is 0 Å². The van der Waals surface area contributed by atoms with Crippen LogP contribution in [0.25, 0.3) is 23.3 Å². The van der Waals surface area contributed by atoms with Gasteiger partial charge in [-0.15, -0.1) is 0 Å². The molecule has 0 atom stereocenters. The Labute approximate surface area is 132 Å². The molecular weight excluding hydrogens is 268 g/mol. The summed E-state index contributed by atoms with van der Waals surface area (Å²) in [7, 11) is 0. The molecule has 0 aromatic heterocycles. The molecule has 22 heavy (non-hydrogen) atoms. The molecule has 1 heteroatoms. The molecule has 0 saturated heterocycles. The third kappa shape index (κ3) is 3.70. The molecule has 0 aliphatic carbocycles. The van der Waals surface area contributed by atoms with Crippen molar-refractivity contribution < 1.29 is 4.79 Å². The van der Waals surface area contributed by atoms with Gasteiger partial charge in [0.05, 0.1) is 0 Å². The predicted molar refractivity (Wildman–Crippen MR) is 96.6 cm³/mol. The van der Waals surface area contributed by atoms with Gasteiger partial charge >= 0.3 is 0 Å². The quantitative estimate of drug-likeness (QED) is 0.507. The van der Waals surface area contributed by atoms with E-state index in [0.717, 1.165) is 39.7 Å². The zero-order valence-corrected chi connectivity index (χ0v) is 13.1. The molecule has 0 heterocycles. The van der Waals surface area contributed by atoms with E-state index in [1.165, 1.54) is 0 Å². The van der Waals surface area contributed by atoms with Gasteiger partial charge in [0.1, 0.15) is 6.29 Å². The van der Waals surface area contributed by atoms with Crippen LogP contribution in [0, 0.1) is 0 Å². The summed E-state index contributed by atoms with van der Waals surface area (Å²) in [6.45, 7) is 12.0. The van der Waals surface area contributed by atoms with E-state index in [2.05, 4.69) is 37.4 Å². The minimum atomic E-state index is 0.679. The molecule has 0 aliphatic heterocycles. The lowest BCUT2D eigenvalue weighted by molar-refractivity contribution is 0.112. The summed E-state index contributed by atoms with van der Waals surface area (Å²) < 4.78 is 0. The molecule has 0 aliphatic rings. The maximum absolute atomic E-state index is 10.9. The van der Waals surface area contributed by atoms with Gasteiger partial charge in [0.2, 0.25) is 0 Å². The van der Waals surface area contributed by atoms with E-state index in [1.54, 1.807) is 6.07 Å². The van der Waals surface area contributed by atoms with Crippen LogP contribution in [0.4, 0.5) is 0 Å². The molecule has 110 valence electrons. The zero-order valence-electron chi connectivity index (χ0n) is 13.1. The number of aldehydes is 1. The van der Waals surface area contributed by atoms with Crippen molar-refractivity contribution in [2.45, 2.75) is 13.8 Å². The van der Waals surface area contributed by atoms with Gasteiger partial charge in [-0.3, -0.25) is 4.79 Å². The van der Waals surface area contributed by atoms with Crippen LogP contribution in [-0.4, -0.2) is 6.29 Å². The van der Waals surface area contributed by atoms with E-state index in [0.29, 0.717) is 5.56 Å². The van der Waals surface area contributed by atoms with Crippen LogP contribution in [-0.2, 0) is 0 Å². The molecule has 1 nitrogen and oxygen atoms in total. The van der Waals surface area contributed by atoms with E-state index >= 15 is 0 Å². The first-order valence-electron chi connectivity index (χ1n) is 7.20. The highest BCUT2D eigenvalue weighted by Gasteiger charge is 2.03. The van der Waals surface area contributed by atoms with Gasteiger partial charge in [0.15, 0.2) is 0 Å². The van der Waals surface area contributed by atoms with Gasteiger partial charge in [0.25, 0.3) is 0 Å². The van der Waals surface area contributed by atoms with Crippen LogP contribution in [0.2, 0.25) is 0 Å². The Morgan fingerprint density at radius 2 is 1.64 bits per heavy atom. The van der Waals surface area contributed by atoms with E-state index in [4.69, 9.17) is 0 Å². The summed E-state index contributed by atoms with van der Waals surface area (Å²) in [5, 5.41) is 0. The van der Waals surface area contributed by atoms with Gasteiger partial charge in [-0.25, -0.2) is 0 Å². The fraction of sp³-hybridized carbons (Fsp3) is 0.0952. The molecule has 0 spiro atoms. The molecule has 2 aromatic carbocycles. The lowest BCUT2D eigenvalue weighted by Gasteiger charge is -2.09. The van der Waals surface area contributed by atoms with Crippen LogP contribution < -0.4 is 0 Å². The Hall–Kier alpha value is -2.67. The van der Waals surface area contributed by atoms with Crippen molar-refractivity contribution in [3.05, 3.63) is 83.4 Å². The normalized spacial score (nSPS) is 10.6. The van der Waals surface area contributed by atoms with Crippen LogP contribution >= 0.6 is 0 Å². The summed E-state index contributed by atoms with van der Waals surface area (Å²) in [5.41, 5.74) is 7.07. The third-order valence-electron chi connectivity index (χ3n) is 3.51. The van der Waals surface area contributed by atoms with Gasteiger partial charge in [-0.2, -0.15) is 0 Å². The Kier molecular flexibility index (Phi) is 4.90. The highest BCUT2D eigenvalue weighted by atomic mass is 16.1. The number of benzene rings is 2. The second-order valence-electron chi connectivity index (χ2n) is 5.48. The molecule has 0 unspecified atom stereocenters. The van der Waals surface area contributed by atoms with E-state index in [9.17, 15) is 4.79 Å². The summed E-state index contributed by atoms with van der Waals surface area (Å²) in [5.74, 6) is 0. The second-order valence-corrected chi connectivity index (χ2v) is 5.48. The largest absolute Gasteiger partial charge is 0.298 e. The van der Waals surface area contributed by atoms with Crippen molar-refractivity contribution in [3.63, 3.8) is 0 Å². The molecule has 2 rings (SSSR count). The molecule has 2 aromatic rings. The molecule has 0 saturated carbocycles. The lowest BCUT2D eigenvalue weighted by atomic mass is 9.96. The van der Waals surface area contributed by atoms with Crippen molar-refractivity contribution in [1.82, 2.24) is 0 Å². The number of carbonyl (C=O) groups excluding carboxylic acids is 1. The highest BCUT2D eigenvalue weighted by Crippen LogP contribution is 2.24. The summed E-state index contributed by atoms with van der Waals surface area (Å²) in [6.07, 6.45) is 4.93. The first kappa shape index (κ1) is 15.7. The van der Waals surface area contributed by atoms with Crippen molar-refractivity contribution in [2.75, 3.05) is 0 Å². The maximum atomic E-state index is 10.9. The third-order valence-corrected chi connectivity index (χ3v) is 3.51. The van der Waals surface area contributed by atoms with E-state index < -0.39 is 0 Å². The first-order valence-corrected chi connectivity index (χ1v) is 7.20. The molecule has 0 fully saturated rings. The van der Waals surface area contributed by atoms with Crippen molar-refractivity contribution in [3.8, 4) is 0 Å². The number of allylic oxidation sites excluding steroid dienone is 2. The fourth-order valence-electron chi connectivity index (χ4n) is 2.28. The standard InChI is InChI=1S/C21H20O/c1-15(2)19-10-11-21(16(3)4)20(13-19)9-8-17-6-5-7-18(12-17)14-22/h5-14H,1,3H2,2,4H3/b9-8+. The summed E-state index contributed by atoms with van der Waals surface area (Å²) >= 11 is 0. The predicted octanol–water partition coefficient (Wildman–Crippen LogP) is 5.74. The average Bonchev–Trinajstić information content (AvgIpc) is 2.52. The monoisotopic (exact) mass is 288 g/mol. The number of rotatable bonds is 5. The Bertz CT molecular complexity index is 763. The maximum Gasteiger partial charge on any atom is 0.150 e. The topological polar surface area (TPSA) is 17.1 Å². The van der Waals surface area contributed by atoms with Crippen molar-refractivity contribution in [2.24, 2.45) is 0 Å². The molecule has 0 amide bonds. The minimum Gasteiger partial charge on any atom is -0.298 e. The van der Waals surface area contributed by atoms with E-state index in [-0.39, 0.29) is 0 Å². The van der Waals surface area contributed by atoms with Crippen LogP contribution in [0.1, 0.15) is 46.5 Å². The summed E-state index contributed by atoms with van der Waals surface area (Å²) in [6, 6.07) is 13.8. The second kappa shape index (κ2) is 6.86. The SMILES string of the molecule is C=C(C)c1ccc(C(=C)C)c(/C=C/c2cccc(C=O)c2)c1. The zero-order chi connectivity index (χ0) is 16.1. The highest BCUT2D eigenvalue weighted by molar-refractivity contribution is 5.82. The van der Waals surface area contributed by atoms with Crippen LogP contribution in [0.5, 0.6) is 0 Å². The van der Waals surface area contributed by atoms with Gasteiger partial charge < -0.3 is 0 Å². The molecule has 0 N–H and O–H groups in total. The number of carbonyl (C=O) groups is 1. The van der Waals surface area contributed by atoms with Gasteiger partial charge in [-0.1, -0.05) is 66.8 Å². The van der Waals surface area contributed by atoms with Gasteiger partial charge in [0, 0.05) is 5.56 Å². The summed E-state index contributed by atoms with van der Waals surface area (Å²) in [4.78, 5) is 10.9.